The van der Waals surface area contributed by atoms with Gasteiger partial charge in [-0.25, -0.2) is 0 Å². The summed E-state index contributed by atoms with van der Waals surface area (Å²) in [4.78, 5) is 11.4. The number of hydrogen-bond donors (Lipinski definition) is 2. The topological polar surface area (TPSA) is 50.4 Å². The second-order valence-corrected chi connectivity index (χ2v) is 6.01. The van der Waals surface area contributed by atoms with Crippen molar-refractivity contribution < 1.29 is 9.53 Å². The highest BCUT2D eigenvalue weighted by molar-refractivity contribution is 5.77. The summed E-state index contributed by atoms with van der Waals surface area (Å²) < 4.78 is 5.42. The zero-order valence-electron chi connectivity index (χ0n) is 13.2. The first kappa shape index (κ1) is 15.8. The van der Waals surface area contributed by atoms with Gasteiger partial charge in [-0.15, -0.1) is 0 Å². The van der Waals surface area contributed by atoms with Gasteiger partial charge in [-0.3, -0.25) is 4.79 Å². The highest BCUT2D eigenvalue weighted by Crippen LogP contribution is 2.40. The van der Waals surface area contributed by atoms with Crippen LogP contribution in [0.5, 0.6) is 5.75 Å². The normalized spacial score (nSPS) is 21.0. The third kappa shape index (κ3) is 4.21. The van der Waals surface area contributed by atoms with Gasteiger partial charge in [0.1, 0.15) is 5.75 Å². The van der Waals surface area contributed by atoms with E-state index in [0.717, 1.165) is 25.1 Å². The van der Waals surface area contributed by atoms with E-state index in [-0.39, 0.29) is 11.8 Å². The lowest BCUT2D eigenvalue weighted by Crippen LogP contribution is -2.44. The maximum absolute atomic E-state index is 11.4. The number of hydrogen-bond acceptors (Lipinski definition) is 3. The van der Waals surface area contributed by atoms with Crippen molar-refractivity contribution in [1.82, 2.24) is 10.6 Å². The summed E-state index contributed by atoms with van der Waals surface area (Å²) in [5.41, 5.74) is 1.31. The molecule has 0 radical (unpaired) electrons. The molecular weight excluding hydrogens is 264 g/mol. The van der Waals surface area contributed by atoms with Gasteiger partial charge in [-0.2, -0.15) is 0 Å². The van der Waals surface area contributed by atoms with Crippen molar-refractivity contribution in [2.24, 2.45) is 5.92 Å². The summed E-state index contributed by atoms with van der Waals surface area (Å²) in [6.07, 6.45) is 2.27. The van der Waals surface area contributed by atoms with Gasteiger partial charge in [-0.05, 0) is 30.4 Å². The van der Waals surface area contributed by atoms with Gasteiger partial charge in [0.25, 0.3) is 0 Å². The van der Waals surface area contributed by atoms with Crippen molar-refractivity contribution in [3.63, 3.8) is 0 Å². The van der Waals surface area contributed by atoms with Gasteiger partial charge >= 0.3 is 0 Å². The maximum atomic E-state index is 11.4. The van der Waals surface area contributed by atoms with Crippen molar-refractivity contribution in [3.05, 3.63) is 29.8 Å². The highest BCUT2D eigenvalue weighted by Gasteiger charge is 2.31. The molecule has 0 aromatic heterocycles. The highest BCUT2D eigenvalue weighted by atomic mass is 16.5. The van der Waals surface area contributed by atoms with Crippen LogP contribution in [0.2, 0.25) is 0 Å². The molecule has 1 aromatic rings. The Balaban J connectivity index is 1.67. The maximum Gasteiger partial charge on any atom is 0.222 e. The number of para-hydroxylation sites is 1. The molecule has 116 valence electrons. The molecule has 0 aliphatic heterocycles. The van der Waals surface area contributed by atoms with Crippen molar-refractivity contribution >= 4 is 5.91 Å². The largest absolute Gasteiger partial charge is 0.496 e. The zero-order valence-corrected chi connectivity index (χ0v) is 13.2. The first-order valence-electron chi connectivity index (χ1n) is 7.75. The van der Waals surface area contributed by atoms with E-state index < -0.39 is 0 Å². The Bertz CT molecular complexity index is 468. The van der Waals surface area contributed by atoms with Crippen LogP contribution < -0.4 is 15.4 Å². The smallest absolute Gasteiger partial charge is 0.222 e. The number of carbonyl (C=O) groups is 1. The minimum absolute atomic E-state index is 0.0589. The molecular formula is C17H26N2O2. The number of ether oxygens (including phenoxy) is 1. The third-order valence-corrected chi connectivity index (χ3v) is 4.10. The van der Waals surface area contributed by atoms with Crippen LogP contribution in [0, 0.1) is 5.92 Å². The number of carbonyl (C=O) groups excluding carboxylic acids is 1. The van der Waals surface area contributed by atoms with Gasteiger partial charge in [0.2, 0.25) is 5.91 Å². The van der Waals surface area contributed by atoms with Crippen LogP contribution in [0.4, 0.5) is 0 Å². The van der Waals surface area contributed by atoms with E-state index in [1.807, 2.05) is 26.0 Å². The molecule has 1 aromatic carbocycles. The van der Waals surface area contributed by atoms with Gasteiger partial charge in [0.05, 0.1) is 7.11 Å². The van der Waals surface area contributed by atoms with Crippen LogP contribution in [-0.4, -0.2) is 32.1 Å². The Morgan fingerprint density at radius 2 is 2.00 bits per heavy atom. The van der Waals surface area contributed by atoms with Gasteiger partial charge < -0.3 is 15.4 Å². The van der Waals surface area contributed by atoms with Crippen LogP contribution in [0.25, 0.3) is 0 Å². The number of benzene rings is 1. The third-order valence-electron chi connectivity index (χ3n) is 4.10. The van der Waals surface area contributed by atoms with Crippen molar-refractivity contribution in [2.45, 2.75) is 38.6 Å². The quantitative estimate of drug-likeness (QED) is 0.758. The summed E-state index contributed by atoms with van der Waals surface area (Å²) >= 11 is 0. The van der Waals surface area contributed by atoms with E-state index in [1.165, 1.54) is 5.56 Å². The second kappa shape index (κ2) is 7.46. The minimum Gasteiger partial charge on any atom is -0.496 e. The number of nitrogens with one attached hydrogen (secondary N) is 2. The zero-order chi connectivity index (χ0) is 15.2. The molecule has 1 fully saturated rings. The molecule has 0 saturated heterocycles. The van der Waals surface area contributed by atoms with E-state index in [9.17, 15) is 4.79 Å². The molecule has 21 heavy (non-hydrogen) atoms. The molecule has 0 atom stereocenters. The average Bonchev–Trinajstić information content (AvgIpc) is 2.44. The number of amides is 1. The van der Waals surface area contributed by atoms with Crippen LogP contribution in [0.1, 0.15) is 38.2 Å². The fourth-order valence-electron chi connectivity index (χ4n) is 2.71. The van der Waals surface area contributed by atoms with Crippen LogP contribution >= 0.6 is 0 Å². The predicted molar refractivity (Wildman–Crippen MR) is 84.6 cm³/mol. The molecule has 1 saturated carbocycles. The number of rotatable bonds is 7. The van der Waals surface area contributed by atoms with Crippen molar-refractivity contribution in [1.29, 1.82) is 0 Å². The first-order chi connectivity index (χ1) is 10.1. The second-order valence-electron chi connectivity index (χ2n) is 6.01. The van der Waals surface area contributed by atoms with Crippen molar-refractivity contribution in [2.75, 3.05) is 20.2 Å². The summed E-state index contributed by atoms with van der Waals surface area (Å²) in [6, 6.07) is 8.81. The van der Waals surface area contributed by atoms with Crippen LogP contribution in [0.3, 0.4) is 0 Å². The Hall–Kier alpha value is -1.55. The lowest BCUT2D eigenvalue weighted by molar-refractivity contribution is -0.123. The van der Waals surface area contributed by atoms with E-state index in [4.69, 9.17) is 4.74 Å². The number of methoxy groups -OCH3 is 1. The molecule has 1 amide bonds. The molecule has 4 nitrogen and oxygen atoms in total. The van der Waals surface area contributed by atoms with Crippen LogP contribution in [-0.2, 0) is 4.79 Å². The molecule has 1 aliphatic rings. The lowest BCUT2D eigenvalue weighted by atomic mass is 9.75. The summed E-state index contributed by atoms with van der Waals surface area (Å²) in [5.74, 6) is 1.76. The Morgan fingerprint density at radius 1 is 1.29 bits per heavy atom. The molecule has 0 bridgehead atoms. The molecule has 1 aliphatic carbocycles. The molecule has 0 heterocycles. The van der Waals surface area contributed by atoms with Gasteiger partial charge in [0, 0.05) is 25.0 Å². The first-order valence-corrected chi connectivity index (χ1v) is 7.75. The monoisotopic (exact) mass is 290 g/mol. The summed E-state index contributed by atoms with van der Waals surface area (Å²) in [5, 5.41) is 6.42. The Kier molecular flexibility index (Phi) is 5.62. The summed E-state index contributed by atoms with van der Waals surface area (Å²) in [7, 11) is 1.73. The van der Waals surface area contributed by atoms with E-state index >= 15 is 0 Å². The fraction of sp³-hybridized carbons (Fsp3) is 0.588. The lowest BCUT2D eigenvalue weighted by Gasteiger charge is -2.37. The van der Waals surface area contributed by atoms with E-state index in [1.54, 1.807) is 7.11 Å². The standard InChI is InChI=1S/C17H26N2O2/c1-12(2)17(20)19-9-8-18-14-10-13(11-14)15-6-4-5-7-16(15)21-3/h4-7,12-14,18H,8-11H2,1-3H3,(H,19,20). The average molecular weight is 290 g/mol. The minimum atomic E-state index is 0.0589. The summed E-state index contributed by atoms with van der Waals surface area (Å²) in [6.45, 7) is 5.35. The fourth-order valence-corrected chi connectivity index (χ4v) is 2.71. The SMILES string of the molecule is COc1ccccc1C1CC(NCCNC(=O)C(C)C)C1. The van der Waals surface area contributed by atoms with Gasteiger partial charge in [-0.1, -0.05) is 32.0 Å². The molecule has 0 unspecified atom stereocenters. The predicted octanol–water partition coefficient (Wildman–Crippen LogP) is 2.30. The van der Waals surface area contributed by atoms with E-state index in [2.05, 4.69) is 22.8 Å². The van der Waals surface area contributed by atoms with Crippen molar-refractivity contribution in [3.8, 4) is 5.75 Å². The Morgan fingerprint density at radius 3 is 2.67 bits per heavy atom. The van der Waals surface area contributed by atoms with Gasteiger partial charge in [0.15, 0.2) is 0 Å². The molecule has 2 N–H and O–H groups in total. The van der Waals surface area contributed by atoms with E-state index in [0.29, 0.717) is 18.5 Å². The molecule has 0 spiro atoms. The van der Waals surface area contributed by atoms with Crippen LogP contribution in [0.15, 0.2) is 24.3 Å². The Labute approximate surface area is 127 Å². The molecule has 2 rings (SSSR count). The molecule has 4 heteroatoms.